The maximum absolute atomic E-state index is 4.48. The number of rotatable bonds is 2. The number of hydrogen-bond donors (Lipinski definition) is 2. The van der Waals surface area contributed by atoms with Crippen LogP contribution in [0.5, 0.6) is 0 Å². The molecule has 0 radical (unpaired) electrons. The monoisotopic (exact) mass is 251 g/mol. The molecule has 3 heterocycles. The summed E-state index contributed by atoms with van der Waals surface area (Å²) < 4.78 is 3.82. The van der Waals surface area contributed by atoms with Gasteiger partial charge in [0.05, 0.1) is 6.20 Å². The van der Waals surface area contributed by atoms with Crippen molar-refractivity contribution in [2.24, 2.45) is 0 Å². The Bertz CT molecular complexity index is 457. The molecule has 90 valence electrons. The lowest BCUT2D eigenvalue weighted by atomic mass is 10.4. The van der Waals surface area contributed by atoms with Crippen LogP contribution < -0.4 is 10.2 Å². The first kappa shape index (κ1) is 10.6. The molecule has 1 aliphatic heterocycles. The van der Waals surface area contributed by atoms with E-state index in [9.17, 15) is 0 Å². The third-order valence-electron chi connectivity index (χ3n) is 2.69. The first-order valence-electron chi connectivity index (χ1n) is 5.59. The smallest absolute Gasteiger partial charge is 0.245 e. The Morgan fingerprint density at radius 1 is 1.29 bits per heavy atom. The van der Waals surface area contributed by atoms with Crippen molar-refractivity contribution in [3.63, 3.8) is 0 Å². The molecule has 0 saturated carbocycles. The highest BCUT2D eigenvalue weighted by molar-refractivity contribution is 7.09. The van der Waals surface area contributed by atoms with E-state index in [0.717, 1.165) is 49.2 Å². The predicted molar refractivity (Wildman–Crippen MR) is 65.0 cm³/mol. The number of nitrogens with zero attached hydrogens (tertiary/aromatic N) is 5. The predicted octanol–water partition coefficient (Wildman–Crippen LogP) is 0.123. The van der Waals surface area contributed by atoms with Gasteiger partial charge in [0.15, 0.2) is 5.82 Å². The fourth-order valence-electron chi connectivity index (χ4n) is 1.82. The van der Waals surface area contributed by atoms with E-state index in [-0.39, 0.29) is 0 Å². The van der Waals surface area contributed by atoms with Crippen LogP contribution >= 0.6 is 11.5 Å². The normalized spacial score (nSPS) is 17.1. The van der Waals surface area contributed by atoms with Gasteiger partial charge in [0, 0.05) is 19.6 Å². The van der Waals surface area contributed by atoms with E-state index in [1.54, 1.807) is 6.20 Å². The average molecular weight is 251 g/mol. The summed E-state index contributed by atoms with van der Waals surface area (Å²) in [4.78, 5) is 7.58. The van der Waals surface area contributed by atoms with Gasteiger partial charge in [0.2, 0.25) is 5.95 Å². The summed E-state index contributed by atoms with van der Waals surface area (Å²) in [5, 5.41) is 14.3. The second-order valence-corrected chi connectivity index (χ2v) is 4.64. The molecule has 0 spiro atoms. The van der Waals surface area contributed by atoms with Gasteiger partial charge in [0.1, 0.15) is 4.88 Å². The van der Waals surface area contributed by atoms with E-state index in [4.69, 9.17) is 0 Å². The molecule has 1 saturated heterocycles. The van der Waals surface area contributed by atoms with E-state index in [2.05, 4.69) is 35.0 Å². The molecular formula is C9H13N7S. The average Bonchev–Trinajstić information content (AvgIpc) is 2.95. The molecule has 2 N–H and O–H groups in total. The Morgan fingerprint density at radius 2 is 2.29 bits per heavy atom. The van der Waals surface area contributed by atoms with Crippen LogP contribution in [0.25, 0.3) is 10.7 Å². The Labute approximate surface area is 102 Å². The van der Waals surface area contributed by atoms with Gasteiger partial charge < -0.3 is 10.2 Å². The number of anilines is 1. The van der Waals surface area contributed by atoms with Crippen LogP contribution in [0.3, 0.4) is 0 Å². The van der Waals surface area contributed by atoms with E-state index in [1.165, 1.54) is 11.5 Å². The van der Waals surface area contributed by atoms with Crippen LogP contribution in [0.2, 0.25) is 0 Å². The standard InChI is InChI=1S/C9H13N7S/c1-2-10-3-5-16(4-1)9-12-8(13-14-9)7-6-11-15-17-7/h6,10H,1-5H2,(H,12,13,14). The summed E-state index contributed by atoms with van der Waals surface area (Å²) in [7, 11) is 0. The number of nitrogens with one attached hydrogen (secondary N) is 2. The molecule has 3 rings (SSSR count). The minimum absolute atomic E-state index is 0.743. The third-order valence-corrected chi connectivity index (χ3v) is 3.36. The molecular weight excluding hydrogens is 238 g/mol. The van der Waals surface area contributed by atoms with Crippen molar-refractivity contribution in [3.8, 4) is 10.7 Å². The first-order valence-corrected chi connectivity index (χ1v) is 6.36. The summed E-state index contributed by atoms with van der Waals surface area (Å²) in [6.07, 6.45) is 2.81. The number of hydrogen-bond acceptors (Lipinski definition) is 7. The highest BCUT2D eigenvalue weighted by atomic mass is 32.1. The summed E-state index contributed by atoms with van der Waals surface area (Å²) in [5.74, 6) is 1.50. The maximum atomic E-state index is 4.48. The lowest BCUT2D eigenvalue weighted by molar-refractivity contribution is 0.724. The van der Waals surface area contributed by atoms with E-state index in [1.807, 2.05) is 0 Å². The number of aromatic nitrogens is 5. The summed E-state index contributed by atoms with van der Waals surface area (Å²) in [6, 6.07) is 0. The van der Waals surface area contributed by atoms with Crippen LogP contribution in [0.15, 0.2) is 6.20 Å². The van der Waals surface area contributed by atoms with Crippen LogP contribution in [-0.2, 0) is 0 Å². The number of H-pyrrole nitrogens is 1. The van der Waals surface area contributed by atoms with Crippen molar-refractivity contribution in [3.05, 3.63) is 6.20 Å². The summed E-state index contributed by atoms with van der Waals surface area (Å²) in [6.45, 7) is 3.97. The zero-order valence-corrected chi connectivity index (χ0v) is 10.1. The molecule has 0 aliphatic carbocycles. The second kappa shape index (κ2) is 4.76. The molecule has 0 amide bonds. The molecule has 2 aromatic rings. The Balaban J connectivity index is 1.79. The van der Waals surface area contributed by atoms with Crippen molar-refractivity contribution in [2.45, 2.75) is 6.42 Å². The Kier molecular flexibility index (Phi) is 2.97. The zero-order chi connectivity index (χ0) is 11.5. The lowest BCUT2D eigenvalue weighted by Gasteiger charge is -2.16. The molecule has 0 bridgehead atoms. The summed E-state index contributed by atoms with van der Waals surface area (Å²) >= 11 is 1.31. The highest BCUT2D eigenvalue weighted by Gasteiger charge is 2.15. The minimum atomic E-state index is 0.743. The quantitative estimate of drug-likeness (QED) is 0.789. The molecule has 0 unspecified atom stereocenters. The zero-order valence-electron chi connectivity index (χ0n) is 9.26. The number of aromatic amines is 1. The molecule has 7 nitrogen and oxygen atoms in total. The molecule has 1 aliphatic rings. The van der Waals surface area contributed by atoms with Crippen LogP contribution in [0, 0.1) is 0 Å². The fourth-order valence-corrected chi connectivity index (χ4v) is 2.28. The topological polar surface area (TPSA) is 82.6 Å². The molecule has 0 aromatic carbocycles. The van der Waals surface area contributed by atoms with Crippen molar-refractivity contribution < 1.29 is 0 Å². The molecule has 0 atom stereocenters. The van der Waals surface area contributed by atoms with Gasteiger partial charge in [-0.05, 0) is 24.5 Å². The lowest BCUT2D eigenvalue weighted by Crippen LogP contribution is -2.28. The molecule has 2 aromatic heterocycles. The van der Waals surface area contributed by atoms with Crippen molar-refractivity contribution in [1.82, 2.24) is 30.1 Å². The van der Waals surface area contributed by atoms with Crippen LogP contribution in [-0.4, -0.2) is 50.9 Å². The van der Waals surface area contributed by atoms with E-state index < -0.39 is 0 Å². The van der Waals surface area contributed by atoms with Crippen LogP contribution in [0.4, 0.5) is 5.95 Å². The van der Waals surface area contributed by atoms with Gasteiger partial charge in [-0.1, -0.05) is 4.49 Å². The van der Waals surface area contributed by atoms with Crippen molar-refractivity contribution in [1.29, 1.82) is 0 Å². The van der Waals surface area contributed by atoms with E-state index in [0.29, 0.717) is 0 Å². The van der Waals surface area contributed by atoms with Gasteiger partial charge in [-0.25, -0.2) is 0 Å². The maximum Gasteiger partial charge on any atom is 0.245 e. The van der Waals surface area contributed by atoms with Gasteiger partial charge in [-0.3, -0.25) is 5.10 Å². The molecule has 1 fully saturated rings. The largest absolute Gasteiger partial charge is 0.338 e. The van der Waals surface area contributed by atoms with Crippen LogP contribution in [0.1, 0.15) is 6.42 Å². The second-order valence-electron chi connectivity index (χ2n) is 3.86. The SMILES string of the molecule is c1nnsc1-c1nc(N2CCCNCC2)n[nH]1. The highest BCUT2D eigenvalue weighted by Crippen LogP contribution is 2.19. The third kappa shape index (κ3) is 2.27. The Morgan fingerprint density at radius 3 is 3.18 bits per heavy atom. The molecule has 8 heteroatoms. The van der Waals surface area contributed by atoms with E-state index >= 15 is 0 Å². The van der Waals surface area contributed by atoms with Gasteiger partial charge >= 0.3 is 0 Å². The van der Waals surface area contributed by atoms with Crippen molar-refractivity contribution >= 4 is 17.5 Å². The minimum Gasteiger partial charge on any atom is -0.338 e. The fraction of sp³-hybridized carbons (Fsp3) is 0.556. The van der Waals surface area contributed by atoms with Gasteiger partial charge in [-0.15, -0.1) is 10.2 Å². The van der Waals surface area contributed by atoms with Crippen molar-refractivity contribution in [2.75, 3.05) is 31.1 Å². The summed E-state index contributed by atoms with van der Waals surface area (Å²) in [5.41, 5.74) is 0. The molecule has 17 heavy (non-hydrogen) atoms. The van der Waals surface area contributed by atoms with Gasteiger partial charge in [0.25, 0.3) is 0 Å². The van der Waals surface area contributed by atoms with Gasteiger partial charge in [-0.2, -0.15) is 4.98 Å². The Hall–Kier alpha value is -1.54. The first-order chi connectivity index (χ1) is 8.43.